The van der Waals surface area contributed by atoms with Crippen LogP contribution in [0, 0.1) is 0 Å². The minimum absolute atomic E-state index is 0.0211. The lowest BCUT2D eigenvalue weighted by molar-refractivity contribution is -0.136. The molecule has 2 aliphatic heterocycles. The molecule has 2 aliphatic rings. The monoisotopic (exact) mass is 399 g/mol. The van der Waals surface area contributed by atoms with Crippen LogP contribution in [-0.2, 0) is 22.7 Å². The van der Waals surface area contributed by atoms with Crippen LogP contribution in [0.1, 0.15) is 53.0 Å². The van der Waals surface area contributed by atoms with Crippen molar-refractivity contribution in [3.05, 3.63) is 46.0 Å². The van der Waals surface area contributed by atoms with Gasteiger partial charge in [0.05, 0.1) is 5.69 Å². The number of fused-ring (bicyclic) bond motifs is 1. The number of nitrogens with one attached hydrogen (secondary N) is 2. The number of carbonyl (C=O) groups is 3. The fourth-order valence-electron chi connectivity index (χ4n) is 3.68. The average Bonchev–Trinajstić information content (AvgIpc) is 3.24. The zero-order chi connectivity index (χ0) is 19.8. The summed E-state index contributed by atoms with van der Waals surface area (Å²) in [7, 11) is 0. The third kappa shape index (κ3) is 3.38. The summed E-state index contributed by atoms with van der Waals surface area (Å²) < 4.78 is 0. The first kappa shape index (κ1) is 18.6. The molecule has 1 saturated heterocycles. The first-order valence-corrected chi connectivity index (χ1v) is 10.0. The molecule has 2 atom stereocenters. The molecule has 4 N–H and O–H groups in total. The van der Waals surface area contributed by atoms with Crippen LogP contribution in [0.2, 0.25) is 0 Å². The number of benzene rings is 1. The second kappa shape index (κ2) is 7.33. The predicted octanol–water partition coefficient (Wildman–Crippen LogP) is 1.34. The average molecular weight is 399 g/mol. The van der Waals surface area contributed by atoms with Crippen molar-refractivity contribution in [1.29, 1.82) is 0 Å². The molecule has 2 unspecified atom stereocenters. The Morgan fingerprint density at radius 1 is 1.39 bits per heavy atom. The molecule has 0 radical (unpaired) electrons. The van der Waals surface area contributed by atoms with E-state index >= 15 is 0 Å². The van der Waals surface area contributed by atoms with Gasteiger partial charge in [0.15, 0.2) is 5.13 Å². The van der Waals surface area contributed by atoms with Gasteiger partial charge in [-0.1, -0.05) is 12.1 Å². The van der Waals surface area contributed by atoms with Crippen LogP contribution in [0.3, 0.4) is 0 Å². The summed E-state index contributed by atoms with van der Waals surface area (Å²) in [6, 6.07) is 5.04. The lowest BCUT2D eigenvalue weighted by atomic mass is 10.0. The van der Waals surface area contributed by atoms with Gasteiger partial charge in [0.1, 0.15) is 6.04 Å². The van der Waals surface area contributed by atoms with E-state index in [1.165, 1.54) is 11.3 Å². The Labute approximate surface area is 166 Å². The van der Waals surface area contributed by atoms with Crippen molar-refractivity contribution in [1.82, 2.24) is 20.5 Å². The zero-order valence-electron chi connectivity index (χ0n) is 15.4. The van der Waals surface area contributed by atoms with Crippen molar-refractivity contribution in [3.8, 4) is 0 Å². The fraction of sp³-hybridized carbons (Fsp3) is 0.368. The molecule has 9 heteroatoms. The van der Waals surface area contributed by atoms with Gasteiger partial charge >= 0.3 is 0 Å². The van der Waals surface area contributed by atoms with Gasteiger partial charge in [0, 0.05) is 36.5 Å². The normalized spacial score (nSPS) is 20.2. The molecule has 0 spiro atoms. The molecule has 1 aromatic carbocycles. The molecule has 28 heavy (non-hydrogen) atoms. The number of piperidine rings is 1. The summed E-state index contributed by atoms with van der Waals surface area (Å²) >= 11 is 1.40. The third-order valence-corrected chi connectivity index (χ3v) is 5.95. The van der Waals surface area contributed by atoms with E-state index in [0.717, 1.165) is 16.8 Å². The lowest BCUT2D eigenvalue weighted by Crippen LogP contribution is -2.52. The molecule has 146 valence electrons. The van der Waals surface area contributed by atoms with Crippen molar-refractivity contribution in [3.63, 3.8) is 0 Å². The number of hydrogen-bond donors (Lipinski definition) is 3. The fourth-order valence-corrected chi connectivity index (χ4v) is 4.34. The summed E-state index contributed by atoms with van der Waals surface area (Å²) in [5.74, 6) is -0.842. The quantitative estimate of drug-likeness (QED) is 0.653. The van der Waals surface area contributed by atoms with Crippen LogP contribution in [-0.4, -0.2) is 33.6 Å². The number of anilines is 1. The maximum atomic E-state index is 12.9. The van der Waals surface area contributed by atoms with Gasteiger partial charge in [-0.2, -0.15) is 0 Å². The van der Waals surface area contributed by atoms with Crippen molar-refractivity contribution in [2.75, 3.05) is 5.73 Å². The second-order valence-corrected chi connectivity index (χ2v) is 7.95. The van der Waals surface area contributed by atoms with E-state index in [1.807, 2.05) is 24.4 Å². The number of thiazole rings is 1. The molecule has 0 bridgehead atoms. The van der Waals surface area contributed by atoms with Gasteiger partial charge in [-0.15, -0.1) is 11.3 Å². The molecule has 0 saturated carbocycles. The highest BCUT2D eigenvalue weighted by Gasteiger charge is 2.39. The van der Waals surface area contributed by atoms with Crippen molar-refractivity contribution >= 4 is 34.2 Å². The van der Waals surface area contributed by atoms with Crippen LogP contribution >= 0.6 is 11.3 Å². The Balaban J connectivity index is 1.50. The SMILES string of the molecule is CC(NCc1cccc2c1CN(C1CCC(=O)NC1=O)C2=O)c1csc(N)n1. The number of nitrogen functional groups attached to an aromatic ring is 1. The van der Waals surface area contributed by atoms with Crippen LogP contribution in [0.5, 0.6) is 0 Å². The Kier molecular flexibility index (Phi) is 4.86. The van der Waals surface area contributed by atoms with Gasteiger partial charge in [-0.3, -0.25) is 19.7 Å². The summed E-state index contributed by atoms with van der Waals surface area (Å²) in [5.41, 5.74) is 9.14. The number of amides is 3. The van der Waals surface area contributed by atoms with Gasteiger partial charge < -0.3 is 16.0 Å². The molecule has 1 fully saturated rings. The van der Waals surface area contributed by atoms with Gasteiger partial charge in [-0.25, -0.2) is 4.98 Å². The summed E-state index contributed by atoms with van der Waals surface area (Å²) in [6.07, 6.45) is 0.611. The minimum atomic E-state index is -0.602. The maximum absolute atomic E-state index is 12.9. The van der Waals surface area contributed by atoms with E-state index in [2.05, 4.69) is 15.6 Å². The van der Waals surface area contributed by atoms with E-state index in [9.17, 15) is 14.4 Å². The summed E-state index contributed by atoms with van der Waals surface area (Å²) in [4.78, 5) is 42.3. The van der Waals surface area contributed by atoms with Crippen molar-refractivity contribution in [2.24, 2.45) is 0 Å². The Morgan fingerprint density at radius 2 is 2.21 bits per heavy atom. The number of imide groups is 1. The van der Waals surface area contributed by atoms with E-state index in [4.69, 9.17) is 5.73 Å². The molecule has 3 amide bonds. The summed E-state index contributed by atoms with van der Waals surface area (Å²) in [6.45, 7) is 2.95. The molecule has 4 rings (SSSR count). The molecule has 1 aromatic heterocycles. The first-order valence-electron chi connectivity index (χ1n) is 9.13. The van der Waals surface area contributed by atoms with Crippen molar-refractivity contribution < 1.29 is 14.4 Å². The molecular formula is C19H21N5O3S. The number of carbonyl (C=O) groups excluding carboxylic acids is 3. The topological polar surface area (TPSA) is 117 Å². The predicted molar refractivity (Wildman–Crippen MR) is 104 cm³/mol. The Hall–Kier alpha value is -2.78. The molecular weight excluding hydrogens is 378 g/mol. The Morgan fingerprint density at radius 3 is 2.93 bits per heavy atom. The van der Waals surface area contributed by atoms with E-state index in [1.54, 1.807) is 11.0 Å². The molecule has 8 nitrogen and oxygen atoms in total. The molecule has 2 aromatic rings. The summed E-state index contributed by atoms with van der Waals surface area (Å²) in [5, 5.41) is 8.21. The van der Waals surface area contributed by atoms with E-state index in [0.29, 0.717) is 30.2 Å². The maximum Gasteiger partial charge on any atom is 0.255 e. The largest absolute Gasteiger partial charge is 0.375 e. The highest BCUT2D eigenvalue weighted by atomic mass is 32.1. The minimum Gasteiger partial charge on any atom is -0.375 e. The number of hydrogen-bond acceptors (Lipinski definition) is 7. The third-order valence-electron chi connectivity index (χ3n) is 5.26. The van der Waals surface area contributed by atoms with Crippen molar-refractivity contribution in [2.45, 2.75) is 44.9 Å². The number of nitrogens with zero attached hydrogens (tertiary/aromatic N) is 2. The number of rotatable bonds is 5. The van der Waals surface area contributed by atoms with E-state index < -0.39 is 11.9 Å². The molecule has 0 aliphatic carbocycles. The Bertz CT molecular complexity index is 957. The van der Waals surface area contributed by atoms with Crippen LogP contribution in [0.4, 0.5) is 5.13 Å². The highest BCUT2D eigenvalue weighted by molar-refractivity contribution is 7.13. The zero-order valence-corrected chi connectivity index (χ0v) is 16.2. The van der Waals surface area contributed by atoms with Crippen LogP contribution in [0.15, 0.2) is 23.6 Å². The van der Waals surface area contributed by atoms with Crippen LogP contribution < -0.4 is 16.4 Å². The van der Waals surface area contributed by atoms with Crippen LogP contribution in [0.25, 0.3) is 0 Å². The smallest absolute Gasteiger partial charge is 0.255 e. The number of aromatic nitrogens is 1. The lowest BCUT2D eigenvalue weighted by Gasteiger charge is -2.29. The van der Waals surface area contributed by atoms with Gasteiger partial charge in [-0.05, 0) is 30.5 Å². The number of nitrogens with two attached hydrogens (primary N) is 1. The molecule has 3 heterocycles. The van der Waals surface area contributed by atoms with Gasteiger partial charge in [0.25, 0.3) is 5.91 Å². The second-order valence-electron chi connectivity index (χ2n) is 7.06. The van der Waals surface area contributed by atoms with Gasteiger partial charge in [0.2, 0.25) is 11.8 Å². The van der Waals surface area contributed by atoms with E-state index in [-0.39, 0.29) is 24.3 Å². The standard InChI is InChI=1S/C19H21N5O3S/c1-10(14-9-28-19(20)22-14)21-7-11-3-2-4-12-13(11)8-24(18(12)27)15-5-6-16(25)23-17(15)26/h2-4,9-10,15,21H,5-8H2,1H3,(H2,20,22)(H,23,25,26). The highest BCUT2D eigenvalue weighted by Crippen LogP contribution is 2.30. The first-order chi connectivity index (χ1) is 13.4.